The zero-order valence-corrected chi connectivity index (χ0v) is 17.9. The minimum atomic E-state index is -0.0105. The minimum absolute atomic E-state index is 0.0105. The number of carbonyl (C=O) groups excluding carboxylic acids is 1. The lowest BCUT2D eigenvalue weighted by molar-refractivity contribution is -0.118. The third-order valence-electron chi connectivity index (χ3n) is 5.14. The Morgan fingerprint density at radius 3 is 2.87 bits per heavy atom. The van der Waals surface area contributed by atoms with Gasteiger partial charge in [-0.25, -0.2) is 0 Å². The Bertz CT molecular complexity index is 964. The maximum absolute atomic E-state index is 12.3. The van der Waals surface area contributed by atoms with Crippen LogP contribution in [0.5, 0.6) is 0 Å². The van der Waals surface area contributed by atoms with Crippen molar-refractivity contribution >= 4 is 17.7 Å². The highest BCUT2D eigenvalue weighted by molar-refractivity contribution is 7.99. The molecule has 1 fully saturated rings. The fourth-order valence-corrected chi connectivity index (χ4v) is 4.32. The summed E-state index contributed by atoms with van der Waals surface area (Å²) < 4.78 is 13.3. The number of ether oxygens (including phenoxy) is 1. The number of carbonyl (C=O) groups is 1. The first kappa shape index (κ1) is 20.7. The van der Waals surface area contributed by atoms with Crippen LogP contribution in [0.25, 0.3) is 11.4 Å². The van der Waals surface area contributed by atoms with Crippen molar-refractivity contribution in [2.45, 2.75) is 44.0 Å². The molecule has 158 valence electrons. The van der Waals surface area contributed by atoms with E-state index in [2.05, 4.69) is 32.2 Å². The molecule has 30 heavy (non-hydrogen) atoms. The van der Waals surface area contributed by atoms with Crippen LogP contribution in [0.15, 0.2) is 52.2 Å². The molecule has 0 aliphatic carbocycles. The molecule has 1 atom stereocenters. The van der Waals surface area contributed by atoms with Crippen LogP contribution in [0.2, 0.25) is 0 Å². The first-order valence-corrected chi connectivity index (χ1v) is 11.2. The van der Waals surface area contributed by atoms with Gasteiger partial charge in [0.25, 0.3) is 0 Å². The zero-order valence-electron chi connectivity index (χ0n) is 17.0. The van der Waals surface area contributed by atoms with Gasteiger partial charge in [-0.05, 0) is 37.8 Å². The van der Waals surface area contributed by atoms with Gasteiger partial charge in [-0.15, -0.1) is 10.2 Å². The predicted octanol–water partition coefficient (Wildman–Crippen LogP) is 3.48. The molecule has 1 N–H and O–H groups in total. The Hall–Kier alpha value is -2.58. The van der Waals surface area contributed by atoms with Crippen LogP contribution in [0.1, 0.15) is 24.2 Å². The highest BCUT2D eigenvalue weighted by Crippen LogP contribution is 2.28. The Morgan fingerprint density at radius 2 is 2.13 bits per heavy atom. The molecule has 1 saturated heterocycles. The number of nitrogens with zero attached hydrogens (tertiary/aromatic N) is 3. The molecule has 0 radical (unpaired) electrons. The van der Waals surface area contributed by atoms with Crippen molar-refractivity contribution in [3.05, 3.63) is 54.0 Å². The predicted molar refractivity (Wildman–Crippen MR) is 115 cm³/mol. The highest BCUT2D eigenvalue weighted by Gasteiger charge is 2.23. The number of thioether (sulfide) groups is 1. The van der Waals surface area contributed by atoms with Crippen LogP contribution in [0.4, 0.5) is 0 Å². The van der Waals surface area contributed by atoms with Crippen molar-refractivity contribution in [3.8, 4) is 11.4 Å². The van der Waals surface area contributed by atoms with Gasteiger partial charge in [-0.1, -0.05) is 42.1 Å². The van der Waals surface area contributed by atoms with Crippen molar-refractivity contribution < 1.29 is 13.9 Å². The first-order chi connectivity index (χ1) is 14.7. The van der Waals surface area contributed by atoms with E-state index in [4.69, 9.17) is 9.15 Å². The molecule has 1 aliphatic rings. The van der Waals surface area contributed by atoms with Gasteiger partial charge in [0.1, 0.15) is 5.76 Å². The van der Waals surface area contributed by atoms with E-state index in [0.29, 0.717) is 18.8 Å². The van der Waals surface area contributed by atoms with E-state index in [1.807, 2.05) is 31.2 Å². The van der Waals surface area contributed by atoms with E-state index in [0.717, 1.165) is 48.2 Å². The van der Waals surface area contributed by atoms with Crippen molar-refractivity contribution in [1.29, 1.82) is 0 Å². The molecule has 8 heteroatoms. The Labute approximate surface area is 180 Å². The Balaban J connectivity index is 1.38. The molecule has 1 aromatic carbocycles. The van der Waals surface area contributed by atoms with Gasteiger partial charge in [-0.2, -0.15) is 0 Å². The maximum atomic E-state index is 12.3. The van der Waals surface area contributed by atoms with Gasteiger partial charge in [0.2, 0.25) is 5.91 Å². The van der Waals surface area contributed by atoms with Crippen LogP contribution >= 0.6 is 11.8 Å². The van der Waals surface area contributed by atoms with Crippen molar-refractivity contribution in [2.75, 3.05) is 18.9 Å². The Morgan fingerprint density at radius 1 is 1.27 bits per heavy atom. The topological polar surface area (TPSA) is 82.2 Å². The number of benzene rings is 1. The average molecular weight is 427 g/mol. The summed E-state index contributed by atoms with van der Waals surface area (Å²) in [6.45, 7) is 3.99. The number of furan rings is 1. The van der Waals surface area contributed by atoms with E-state index >= 15 is 0 Å². The largest absolute Gasteiger partial charge is 0.469 e. The van der Waals surface area contributed by atoms with E-state index in [1.54, 1.807) is 6.26 Å². The Kier molecular flexibility index (Phi) is 6.86. The lowest BCUT2D eigenvalue weighted by atomic mass is 10.1. The second-order valence-corrected chi connectivity index (χ2v) is 8.26. The molecule has 7 nitrogen and oxygen atoms in total. The van der Waals surface area contributed by atoms with Crippen molar-refractivity contribution in [2.24, 2.45) is 0 Å². The van der Waals surface area contributed by atoms with Crippen LogP contribution < -0.4 is 5.32 Å². The van der Waals surface area contributed by atoms with E-state index in [1.165, 1.54) is 17.3 Å². The minimum Gasteiger partial charge on any atom is -0.469 e. The fraction of sp³-hybridized carbons (Fsp3) is 0.409. The number of hydrogen-bond donors (Lipinski definition) is 1. The molecule has 1 aliphatic heterocycles. The average Bonchev–Trinajstić information content (AvgIpc) is 3.50. The standard InChI is InChI=1S/C22H26N4O3S/c1-16-19(10-13-28-16)21-24-25-22(26(21)14-18-8-5-12-29-18)30-15-20(27)23-11-9-17-6-3-2-4-7-17/h2-4,6-7,10,13,18H,5,8-9,11-12,14-15H2,1H3,(H,23,27)/t18-/m1/s1. The second-order valence-electron chi connectivity index (χ2n) is 7.32. The van der Waals surface area contributed by atoms with Gasteiger partial charge < -0.3 is 14.5 Å². The number of rotatable bonds is 9. The van der Waals surface area contributed by atoms with Crippen molar-refractivity contribution in [3.63, 3.8) is 0 Å². The second kappa shape index (κ2) is 9.95. The monoisotopic (exact) mass is 426 g/mol. The molecule has 0 spiro atoms. The molecule has 3 heterocycles. The summed E-state index contributed by atoms with van der Waals surface area (Å²) in [7, 11) is 0. The fourth-order valence-electron chi connectivity index (χ4n) is 3.54. The molecule has 1 amide bonds. The summed E-state index contributed by atoms with van der Waals surface area (Å²) in [4.78, 5) is 12.3. The quantitative estimate of drug-likeness (QED) is 0.528. The summed E-state index contributed by atoms with van der Waals surface area (Å²) >= 11 is 1.40. The molecular weight excluding hydrogens is 400 g/mol. The van der Waals surface area contributed by atoms with Gasteiger partial charge in [0.05, 0.1) is 30.2 Å². The SMILES string of the molecule is Cc1occc1-c1nnc(SCC(=O)NCCc2ccccc2)n1C[C@H]1CCCO1. The van der Waals surface area contributed by atoms with Gasteiger partial charge >= 0.3 is 0 Å². The van der Waals surface area contributed by atoms with Crippen LogP contribution in [0, 0.1) is 6.92 Å². The third kappa shape index (κ3) is 5.12. The van der Waals surface area contributed by atoms with Crippen LogP contribution in [-0.4, -0.2) is 45.7 Å². The smallest absolute Gasteiger partial charge is 0.230 e. The number of aryl methyl sites for hydroxylation is 1. The summed E-state index contributed by atoms with van der Waals surface area (Å²) in [5, 5.41) is 12.4. The van der Waals surface area contributed by atoms with Gasteiger partial charge in [0.15, 0.2) is 11.0 Å². The van der Waals surface area contributed by atoms with E-state index < -0.39 is 0 Å². The molecular formula is C22H26N4O3S. The molecule has 0 saturated carbocycles. The van der Waals surface area contributed by atoms with Gasteiger partial charge in [0, 0.05) is 13.2 Å². The van der Waals surface area contributed by atoms with Crippen LogP contribution in [-0.2, 0) is 22.5 Å². The molecule has 0 unspecified atom stereocenters. The number of nitrogens with one attached hydrogen (secondary N) is 1. The summed E-state index contributed by atoms with van der Waals surface area (Å²) in [6, 6.07) is 12.0. The highest BCUT2D eigenvalue weighted by atomic mass is 32.2. The maximum Gasteiger partial charge on any atom is 0.230 e. The number of aromatic nitrogens is 3. The van der Waals surface area contributed by atoms with Gasteiger partial charge in [-0.3, -0.25) is 9.36 Å². The molecule has 4 rings (SSSR count). The lowest BCUT2D eigenvalue weighted by Crippen LogP contribution is -2.27. The molecule has 2 aromatic heterocycles. The summed E-state index contributed by atoms with van der Waals surface area (Å²) in [5.41, 5.74) is 2.13. The van der Waals surface area contributed by atoms with Crippen molar-refractivity contribution in [1.82, 2.24) is 20.1 Å². The lowest BCUT2D eigenvalue weighted by Gasteiger charge is -2.14. The molecule has 0 bridgehead atoms. The number of hydrogen-bond acceptors (Lipinski definition) is 6. The van der Waals surface area contributed by atoms with E-state index in [9.17, 15) is 4.79 Å². The summed E-state index contributed by atoms with van der Waals surface area (Å²) in [6.07, 6.45) is 4.70. The van der Waals surface area contributed by atoms with E-state index in [-0.39, 0.29) is 12.0 Å². The first-order valence-electron chi connectivity index (χ1n) is 10.2. The normalized spacial score (nSPS) is 16.1. The number of amides is 1. The van der Waals surface area contributed by atoms with Crippen LogP contribution in [0.3, 0.4) is 0 Å². The summed E-state index contributed by atoms with van der Waals surface area (Å²) in [5.74, 6) is 1.83. The molecule has 3 aromatic rings. The zero-order chi connectivity index (χ0) is 20.8. The third-order valence-corrected chi connectivity index (χ3v) is 6.10.